The summed E-state index contributed by atoms with van der Waals surface area (Å²) in [4.78, 5) is 64.3. The third-order valence-corrected chi connectivity index (χ3v) is 10.9. The molecular formula is C44H59N7O6S. The van der Waals surface area contributed by atoms with Gasteiger partial charge in [0.2, 0.25) is 11.8 Å². The van der Waals surface area contributed by atoms with Crippen molar-refractivity contribution in [3.05, 3.63) is 106 Å². The third-order valence-electron chi connectivity index (χ3n) is 10.1. The Kier molecular flexibility index (Phi) is 16.8. The van der Waals surface area contributed by atoms with Gasteiger partial charge >= 0.3 is 12.1 Å². The van der Waals surface area contributed by atoms with Crippen LogP contribution in [0, 0.1) is 18.3 Å². The zero-order chi connectivity index (χ0) is 42.4. The van der Waals surface area contributed by atoms with Crippen molar-refractivity contribution in [1.29, 1.82) is 0 Å². The van der Waals surface area contributed by atoms with Gasteiger partial charge < -0.3 is 36.0 Å². The van der Waals surface area contributed by atoms with Gasteiger partial charge in [0.25, 0.3) is 0 Å². The lowest BCUT2D eigenvalue weighted by molar-refractivity contribution is -0.128. The van der Waals surface area contributed by atoms with Crippen LogP contribution in [0.3, 0.4) is 0 Å². The van der Waals surface area contributed by atoms with Crippen LogP contribution in [-0.4, -0.2) is 88.3 Å². The Labute approximate surface area is 346 Å². The standard InChI is InChI=1S/C44H59N7O6S/c1-9-28(2)38(49-42(55)51(7)26-34-27-58-29(3)46-34)40(53)47-33(23-30-15-11-10-12-16-30)25-37(52)36(48-41(54)39(44(4,5)6)50-43(56)57-8)24-31-18-20-32(21-19-31)35-17-13-14-22-45-35/h10-22,27-28,33,36-39,52H,9,23-26H2,1-8H3,(H,47,53)(H,48,54)(H,49,55)(H,50,56). The van der Waals surface area contributed by atoms with E-state index in [-0.39, 0.29) is 31.2 Å². The van der Waals surface area contributed by atoms with Crippen LogP contribution >= 0.6 is 11.3 Å². The summed E-state index contributed by atoms with van der Waals surface area (Å²) in [6.07, 6.45) is 1.13. The number of aliphatic hydroxyl groups is 1. The van der Waals surface area contributed by atoms with Gasteiger partial charge in [-0.2, -0.15) is 0 Å². The molecule has 312 valence electrons. The van der Waals surface area contributed by atoms with Crippen LogP contribution in [-0.2, 0) is 33.7 Å². The number of urea groups is 1. The number of nitrogens with zero attached hydrogens (tertiary/aromatic N) is 3. The molecule has 14 heteroatoms. The lowest BCUT2D eigenvalue weighted by atomic mass is 9.85. The largest absolute Gasteiger partial charge is 0.453 e. The van der Waals surface area contributed by atoms with E-state index < -0.39 is 53.7 Å². The molecule has 0 fully saturated rings. The van der Waals surface area contributed by atoms with E-state index in [0.29, 0.717) is 12.8 Å². The Morgan fingerprint density at radius 2 is 1.55 bits per heavy atom. The molecule has 0 aliphatic rings. The molecule has 0 bridgehead atoms. The first-order valence-electron chi connectivity index (χ1n) is 19.7. The van der Waals surface area contributed by atoms with Crippen molar-refractivity contribution >= 4 is 35.3 Å². The van der Waals surface area contributed by atoms with E-state index in [1.54, 1.807) is 13.2 Å². The first-order valence-corrected chi connectivity index (χ1v) is 20.6. The average Bonchev–Trinajstić information content (AvgIpc) is 3.62. The van der Waals surface area contributed by atoms with Crippen LogP contribution in [0.4, 0.5) is 9.59 Å². The number of carbonyl (C=O) groups excluding carboxylic acids is 4. The molecule has 4 aromatic rings. The number of hydrogen-bond donors (Lipinski definition) is 5. The maximum atomic E-state index is 14.2. The molecule has 5 N–H and O–H groups in total. The number of aromatic nitrogens is 2. The summed E-state index contributed by atoms with van der Waals surface area (Å²) in [5, 5.41) is 26.7. The predicted molar refractivity (Wildman–Crippen MR) is 227 cm³/mol. The van der Waals surface area contributed by atoms with Crippen LogP contribution in [0.1, 0.15) is 69.3 Å². The SMILES string of the molecule is CCC(C)C(NC(=O)N(C)Cc1csc(C)n1)C(=O)NC(Cc1ccccc1)CC(O)C(Cc1ccc(-c2ccccn2)cc1)NC(=O)C(NC(=O)OC)C(C)(C)C. The number of methoxy groups -OCH3 is 1. The van der Waals surface area contributed by atoms with Gasteiger partial charge in [0, 0.05) is 30.2 Å². The number of aryl methyl sites for hydroxylation is 1. The van der Waals surface area contributed by atoms with Gasteiger partial charge in [-0.05, 0) is 60.8 Å². The van der Waals surface area contributed by atoms with E-state index in [9.17, 15) is 24.3 Å². The molecule has 0 saturated heterocycles. The summed E-state index contributed by atoms with van der Waals surface area (Å²) in [6, 6.07) is 19.4. The maximum absolute atomic E-state index is 14.2. The molecule has 2 heterocycles. The van der Waals surface area contributed by atoms with Gasteiger partial charge in [0.15, 0.2) is 0 Å². The number of nitrogens with one attached hydrogen (secondary N) is 4. The van der Waals surface area contributed by atoms with Crippen molar-refractivity contribution in [2.45, 2.75) is 104 Å². The first-order chi connectivity index (χ1) is 27.6. The summed E-state index contributed by atoms with van der Waals surface area (Å²) in [7, 11) is 2.89. The maximum Gasteiger partial charge on any atom is 0.407 e. The first kappa shape index (κ1) is 45.4. The highest BCUT2D eigenvalue weighted by atomic mass is 32.1. The van der Waals surface area contributed by atoms with E-state index in [2.05, 4.69) is 31.2 Å². The van der Waals surface area contributed by atoms with Crippen molar-refractivity contribution in [2.24, 2.45) is 11.3 Å². The Morgan fingerprint density at radius 1 is 0.879 bits per heavy atom. The Balaban J connectivity index is 1.61. The van der Waals surface area contributed by atoms with Crippen molar-refractivity contribution in [3.8, 4) is 11.3 Å². The molecule has 5 amide bonds. The predicted octanol–water partition coefficient (Wildman–Crippen LogP) is 6.05. The number of hydrogen-bond acceptors (Lipinski definition) is 9. The van der Waals surface area contributed by atoms with Crippen LogP contribution < -0.4 is 21.3 Å². The minimum absolute atomic E-state index is 0.0620. The zero-order valence-corrected chi connectivity index (χ0v) is 35.6. The summed E-state index contributed by atoms with van der Waals surface area (Å²) >= 11 is 1.51. The molecule has 0 spiro atoms. The molecule has 6 unspecified atom stereocenters. The van der Waals surface area contributed by atoms with E-state index in [1.165, 1.54) is 23.3 Å². The summed E-state index contributed by atoms with van der Waals surface area (Å²) in [5.41, 5.74) is 3.57. The monoisotopic (exact) mass is 813 g/mol. The van der Waals surface area contributed by atoms with Gasteiger partial charge in [0.05, 0.1) is 42.2 Å². The van der Waals surface area contributed by atoms with Crippen molar-refractivity contribution in [3.63, 3.8) is 0 Å². The molecule has 2 aromatic heterocycles. The number of benzene rings is 2. The minimum Gasteiger partial charge on any atom is -0.453 e. The molecule has 4 rings (SSSR count). The number of alkyl carbamates (subject to hydrolysis) is 1. The van der Waals surface area contributed by atoms with Crippen molar-refractivity contribution in [2.75, 3.05) is 14.2 Å². The average molecular weight is 814 g/mol. The van der Waals surface area contributed by atoms with E-state index in [0.717, 1.165) is 33.1 Å². The van der Waals surface area contributed by atoms with Crippen LogP contribution in [0.25, 0.3) is 11.3 Å². The number of amides is 5. The number of pyridine rings is 1. The summed E-state index contributed by atoms with van der Waals surface area (Å²) in [6.45, 7) is 11.5. The number of carbonyl (C=O) groups is 4. The number of aliphatic hydroxyl groups excluding tert-OH is 1. The minimum atomic E-state index is -1.16. The number of thiazole rings is 1. The van der Waals surface area contributed by atoms with Gasteiger partial charge in [0.1, 0.15) is 12.1 Å². The van der Waals surface area contributed by atoms with Crippen LogP contribution in [0.2, 0.25) is 0 Å². The Hall–Kier alpha value is -5.34. The summed E-state index contributed by atoms with van der Waals surface area (Å²) in [5.74, 6) is -1.08. The molecule has 0 radical (unpaired) electrons. The fraction of sp³-hybridized carbons (Fsp3) is 0.455. The highest BCUT2D eigenvalue weighted by Crippen LogP contribution is 2.23. The van der Waals surface area contributed by atoms with Gasteiger partial charge in [-0.25, -0.2) is 14.6 Å². The van der Waals surface area contributed by atoms with Gasteiger partial charge in [-0.15, -0.1) is 11.3 Å². The molecule has 6 atom stereocenters. The molecule has 0 aliphatic carbocycles. The highest BCUT2D eigenvalue weighted by molar-refractivity contribution is 7.09. The molecule has 2 aromatic carbocycles. The second kappa shape index (κ2) is 21.4. The molecule has 13 nitrogen and oxygen atoms in total. The smallest absolute Gasteiger partial charge is 0.407 e. The Morgan fingerprint density at radius 3 is 2.14 bits per heavy atom. The van der Waals surface area contributed by atoms with Crippen molar-refractivity contribution < 1.29 is 29.0 Å². The second-order valence-corrected chi connectivity index (χ2v) is 17.0. The lowest BCUT2D eigenvalue weighted by Gasteiger charge is -2.34. The fourth-order valence-electron chi connectivity index (χ4n) is 6.58. The fourth-order valence-corrected chi connectivity index (χ4v) is 7.18. The molecule has 58 heavy (non-hydrogen) atoms. The van der Waals surface area contributed by atoms with E-state index >= 15 is 0 Å². The molecule has 0 aliphatic heterocycles. The topological polar surface area (TPSA) is 175 Å². The summed E-state index contributed by atoms with van der Waals surface area (Å²) < 4.78 is 4.82. The molecule has 0 saturated carbocycles. The zero-order valence-electron chi connectivity index (χ0n) is 34.8. The van der Waals surface area contributed by atoms with E-state index in [1.807, 2.05) is 120 Å². The quantitative estimate of drug-likeness (QED) is 0.0808. The third kappa shape index (κ3) is 13.7. The normalized spacial score (nSPS) is 14.5. The number of rotatable bonds is 18. The van der Waals surface area contributed by atoms with Crippen LogP contribution in [0.5, 0.6) is 0 Å². The second-order valence-electron chi connectivity index (χ2n) is 15.9. The number of ether oxygens (including phenoxy) is 1. The van der Waals surface area contributed by atoms with Gasteiger partial charge in [-0.3, -0.25) is 14.6 Å². The highest BCUT2D eigenvalue weighted by Gasteiger charge is 2.36. The van der Waals surface area contributed by atoms with Gasteiger partial charge in [-0.1, -0.05) is 102 Å². The van der Waals surface area contributed by atoms with E-state index in [4.69, 9.17) is 4.74 Å². The Bertz CT molecular complexity index is 1920. The molecular weight excluding hydrogens is 755 g/mol. The van der Waals surface area contributed by atoms with Crippen LogP contribution in [0.15, 0.2) is 84.4 Å². The van der Waals surface area contributed by atoms with Crippen molar-refractivity contribution in [1.82, 2.24) is 36.1 Å². The lowest BCUT2D eigenvalue weighted by Crippen LogP contribution is -2.58.